The molecule has 0 unspecified atom stereocenters. The fraction of sp³-hybridized carbons (Fsp3) is 0.0667. The minimum atomic E-state index is -0.943. The number of aromatic nitrogens is 2. The average Bonchev–Trinajstić information content (AvgIpc) is 2.80. The molecule has 0 bridgehead atoms. The third kappa shape index (κ3) is 2.32. The van der Waals surface area contributed by atoms with Gasteiger partial charge in [-0.15, -0.1) is 0 Å². The van der Waals surface area contributed by atoms with E-state index in [9.17, 15) is 4.79 Å². The van der Waals surface area contributed by atoms with Crippen LogP contribution in [0.5, 0.6) is 0 Å². The first-order chi connectivity index (χ1) is 9.52. The summed E-state index contributed by atoms with van der Waals surface area (Å²) >= 11 is 3.47. The topological polar surface area (TPSA) is 66.0 Å². The molecule has 100 valence electrons. The second-order valence-corrected chi connectivity index (χ2v) is 5.56. The quantitative estimate of drug-likeness (QED) is 0.746. The molecule has 1 aromatic heterocycles. The minimum absolute atomic E-state index is 0.248. The summed E-state index contributed by atoms with van der Waals surface area (Å²) in [6.07, 6.45) is 0. The van der Waals surface area contributed by atoms with Crippen molar-refractivity contribution in [2.45, 2.75) is 6.92 Å². The summed E-state index contributed by atoms with van der Waals surface area (Å²) in [5.41, 5.74) is 3.81. The van der Waals surface area contributed by atoms with E-state index in [1.54, 1.807) is 18.2 Å². The maximum absolute atomic E-state index is 11.0. The zero-order valence-electron chi connectivity index (χ0n) is 10.6. The van der Waals surface area contributed by atoms with Crippen molar-refractivity contribution in [2.24, 2.45) is 0 Å². The molecule has 20 heavy (non-hydrogen) atoms. The Balaban J connectivity index is 2.15. The third-order valence-corrected chi connectivity index (χ3v) is 3.50. The van der Waals surface area contributed by atoms with Gasteiger partial charge in [-0.3, -0.25) is 0 Å². The summed E-state index contributed by atoms with van der Waals surface area (Å²) < 4.78 is 0.985. The van der Waals surface area contributed by atoms with Crippen molar-refractivity contribution in [3.05, 3.63) is 52.0 Å². The van der Waals surface area contributed by atoms with Crippen molar-refractivity contribution in [1.29, 1.82) is 0 Å². The van der Waals surface area contributed by atoms with E-state index in [1.807, 2.05) is 25.1 Å². The Morgan fingerprint density at radius 1 is 1.25 bits per heavy atom. The molecule has 0 atom stereocenters. The Labute approximate surface area is 123 Å². The molecule has 0 fully saturated rings. The van der Waals surface area contributed by atoms with Crippen LogP contribution in [0.25, 0.3) is 22.4 Å². The molecule has 1 heterocycles. The fourth-order valence-electron chi connectivity index (χ4n) is 2.15. The standard InChI is InChI=1S/C15H11BrN2O2/c1-8-4-10(6-11(16)5-8)14-17-12-3-2-9(15(19)20)7-13(12)18-14/h2-7H,1H3,(H,17,18)(H,19,20). The van der Waals surface area contributed by atoms with Crippen molar-refractivity contribution in [3.8, 4) is 11.4 Å². The third-order valence-electron chi connectivity index (χ3n) is 3.04. The maximum Gasteiger partial charge on any atom is 0.335 e. The van der Waals surface area contributed by atoms with E-state index in [1.165, 1.54) is 0 Å². The molecule has 0 radical (unpaired) electrons. The monoisotopic (exact) mass is 330 g/mol. The van der Waals surface area contributed by atoms with Crippen LogP contribution < -0.4 is 0 Å². The second kappa shape index (κ2) is 4.76. The van der Waals surface area contributed by atoms with E-state index in [0.29, 0.717) is 0 Å². The van der Waals surface area contributed by atoms with Crippen molar-refractivity contribution < 1.29 is 9.90 Å². The number of carbonyl (C=O) groups is 1. The number of carboxylic acids is 1. The smallest absolute Gasteiger partial charge is 0.335 e. The minimum Gasteiger partial charge on any atom is -0.478 e. The number of nitrogens with zero attached hydrogens (tertiary/aromatic N) is 1. The molecule has 0 spiro atoms. The van der Waals surface area contributed by atoms with Crippen molar-refractivity contribution in [3.63, 3.8) is 0 Å². The van der Waals surface area contributed by atoms with E-state index >= 15 is 0 Å². The highest BCUT2D eigenvalue weighted by molar-refractivity contribution is 9.10. The van der Waals surface area contributed by atoms with Crippen LogP contribution in [0.1, 0.15) is 15.9 Å². The lowest BCUT2D eigenvalue weighted by molar-refractivity contribution is 0.0697. The van der Waals surface area contributed by atoms with E-state index in [0.717, 1.165) is 32.5 Å². The lowest BCUT2D eigenvalue weighted by Crippen LogP contribution is -1.94. The van der Waals surface area contributed by atoms with Gasteiger partial charge in [-0.05, 0) is 48.9 Å². The predicted octanol–water partition coefficient (Wildman–Crippen LogP) is 4.00. The first-order valence-electron chi connectivity index (χ1n) is 6.03. The number of fused-ring (bicyclic) bond motifs is 1. The maximum atomic E-state index is 11.0. The number of nitrogens with one attached hydrogen (secondary N) is 1. The molecular weight excluding hydrogens is 320 g/mol. The average molecular weight is 331 g/mol. The number of imidazole rings is 1. The summed E-state index contributed by atoms with van der Waals surface area (Å²) in [6.45, 7) is 2.01. The zero-order valence-corrected chi connectivity index (χ0v) is 12.2. The molecule has 0 saturated heterocycles. The molecule has 3 rings (SSSR count). The first kappa shape index (κ1) is 12.9. The highest BCUT2D eigenvalue weighted by Gasteiger charge is 2.09. The number of hydrogen-bond acceptors (Lipinski definition) is 2. The van der Waals surface area contributed by atoms with Crippen molar-refractivity contribution >= 4 is 32.9 Å². The van der Waals surface area contributed by atoms with E-state index in [2.05, 4.69) is 25.9 Å². The first-order valence-corrected chi connectivity index (χ1v) is 6.83. The van der Waals surface area contributed by atoms with Crippen LogP contribution in [0, 0.1) is 6.92 Å². The lowest BCUT2D eigenvalue weighted by Gasteiger charge is -2.00. The van der Waals surface area contributed by atoms with E-state index in [4.69, 9.17) is 5.11 Å². The number of halogens is 1. The normalized spacial score (nSPS) is 10.9. The highest BCUT2D eigenvalue weighted by Crippen LogP contribution is 2.25. The molecule has 0 aliphatic carbocycles. The molecular formula is C15H11BrN2O2. The van der Waals surface area contributed by atoms with Gasteiger partial charge in [0.15, 0.2) is 0 Å². The van der Waals surface area contributed by atoms with Gasteiger partial charge in [0.2, 0.25) is 0 Å². The molecule has 5 heteroatoms. The Hall–Kier alpha value is -2.14. The zero-order chi connectivity index (χ0) is 14.3. The van der Waals surface area contributed by atoms with Crippen LogP contribution in [-0.2, 0) is 0 Å². The van der Waals surface area contributed by atoms with Gasteiger partial charge in [-0.1, -0.05) is 15.9 Å². The fourth-order valence-corrected chi connectivity index (χ4v) is 2.76. The van der Waals surface area contributed by atoms with Crippen LogP contribution in [0.2, 0.25) is 0 Å². The van der Waals surface area contributed by atoms with E-state index in [-0.39, 0.29) is 5.56 Å². The molecule has 0 saturated carbocycles. The molecule has 2 N–H and O–H groups in total. The number of carboxylic acid groups (broad SMARTS) is 1. The Morgan fingerprint density at radius 3 is 2.75 bits per heavy atom. The summed E-state index contributed by atoms with van der Waals surface area (Å²) in [5.74, 6) is -0.215. The Kier molecular flexibility index (Phi) is 3.06. The summed E-state index contributed by atoms with van der Waals surface area (Å²) in [6, 6.07) is 10.9. The van der Waals surface area contributed by atoms with Crippen LogP contribution in [-0.4, -0.2) is 21.0 Å². The number of aromatic amines is 1. The highest BCUT2D eigenvalue weighted by atomic mass is 79.9. The number of rotatable bonds is 2. The number of aromatic carboxylic acids is 1. The number of hydrogen-bond donors (Lipinski definition) is 2. The van der Waals surface area contributed by atoms with Gasteiger partial charge in [-0.2, -0.15) is 0 Å². The Morgan fingerprint density at radius 2 is 2.05 bits per heavy atom. The summed E-state index contributed by atoms with van der Waals surface area (Å²) in [5, 5.41) is 9.00. The van der Waals surface area contributed by atoms with Crippen LogP contribution in [0.3, 0.4) is 0 Å². The molecule has 0 amide bonds. The molecule has 0 aliphatic heterocycles. The SMILES string of the molecule is Cc1cc(Br)cc(-c2nc3ccc(C(=O)O)cc3[nH]2)c1. The molecule has 4 nitrogen and oxygen atoms in total. The van der Waals surface area contributed by atoms with Gasteiger partial charge in [-0.25, -0.2) is 9.78 Å². The van der Waals surface area contributed by atoms with Gasteiger partial charge < -0.3 is 10.1 Å². The van der Waals surface area contributed by atoms with Gasteiger partial charge >= 0.3 is 5.97 Å². The van der Waals surface area contributed by atoms with Crippen molar-refractivity contribution in [2.75, 3.05) is 0 Å². The predicted molar refractivity (Wildman–Crippen MR) is 80.9 cm³/mol. The van der Waals surface area contributed by atoms with Crippen molar-refractivity contribution in [1.82, 2.24) is 9.97 Å². The molecule has 2 aromatic carbocycles. The van der Waals surface area contributed by atoms with Crippen LogP contribution in [0.4, 0.5) is 0 Å². The molecule has 0 aliphatic rings. The van der Waals surface area contributed by atoms with Gasteiger partial charge in [0, 0.05) is 10.0 Å². The summed E-state index contributed by atoms with van der Waals surface area (Å²) in [4.78, 5) is 18.6. The van der Waals surface area contributed by atoms with Gasteiger partial charge in [0.1, 0.15) is 5.82 Å². The number of aryl methyl sites for hydroxylation is 1. The Bertz CT molecular complexity index is 804. The molecule has 3 aromatic rings. The summed E-state index contributed by atoms with van der Waals surface area (Å²) in [7, 11) is 0. The van der Waals surface area contributed by atoms with Crippen LogP contribution >= 0.6 is 15.9 Å². The lowest BCUT2D eigenvalue weighted by atomic mass is 10.1. The van der Waals surface area contributed by atoms with Gasteiger partial charge in [0.25, 0.3) is 0 Å². The van der Waals surface area contributed by atoms with E-state index < -0.39 is 5.97 Å². The van der Waals surface area contributed by atoms with Gasteiger partial charge in [0.05, 0.1) is 16.6 Å². The second-order valence-electron chi connectivity index (χ2n) is 4.64. The number of benzene rings is 2. The number of H-pyrrole nitrogens is 1. The van der Waals surface area contributed by atoms with Crippen LogP contribution in [0.15, 0.2) is 40.9 Å². The largest absolute Gasteiger partial charge is 0.478 e.